The van der Waals surface area contributed by atoms with Crippen LogP contribution in [0.5, 0.6) is 11.5 Å². The van der Waals surface area contributed by atoms with Crippen molar-refractivity contribution in [2.45, 2.75) is 19.0 Å². The average Bonchev–Trinajstić information content (AvgIpc) is 2.26. The fraction of sp³-hybridized carbons (Fsp3) is 0.364. The third-order valence-electron chi connectivity index (χ3n) is 2.10. The number of alkyl halides is 6. The highest BCUT2D eigenvalue weighted by atomic mass is 19.4. The van der Waals surface area contributed by atoms with Gasteiger partial charge in [0.15, 0.2) is 11.5 Å². The molecule has 118 valence electrons. The fourth-order valence-corrected chi connectivity index (χ4v) is 1.33. The number of amides is 1. The van der Waals surface area contributed by atoms with Crippen molar-refractivity contribution in [3.8, 4) is 11.5 Å². The van der Waals surface area contributed by atoms with E-state index in [-0.39, 0.29) is 0 Å². The maximum absolute atomic E-state index is 12.2. The van der Waals surface area contributed by atoms with E-state index in [1.54, 1.807) is 0 Å². The van der Waals surface area contributed by atoms with Crippen LogP contribution in [0.1, 0.15) is 16.8 Å². The highest BCUT2D eigenvalue weighted by Crippen LogP contribution is 2.35. The second-order valence-electron chi connectivity index (χ2n) is 3.76. The molecule has 1 aromatic carbocycles. The Bertz CT molecular complexity index is 512. The summed E-state index contributed by atoms with van der Waals surface area (Å²) in [5.41, 5.74) is 4.41. The zero-order valence-corrected chi connectivity index (χ0v) is 10.2. The summed E-state index contributed by atoms with van der Waals surface area (Å²) in [5, 5.41) is 0. The molecule has 4 nitrogen and oxygen atoms in total. The molecule has 0 aliphatic rings. The van der Waals surface area contributed by atoms with E-state index in [1.807, 2.05) is 0 Å². The Morgan fingerprint density at radius 2 is 1.76 bits per heavy atom. The number of carbonyl (C=O) groups is 1. The fourth-order valence-electron chi connectivity index (χ4n) is 1.33. The molecule has 0 atom stereocenters. The number of hydrogen-bond acceptors (Lipinski definition) is 3. The molecule has 0 saturated heterocycles. The zero-order chi connectivity index (χ0) is 16.3. The summed E-state index contributed by atoms with van der Waals surface area (Å²) >= 11 is 0. The van der Waals surface area contributed by atoms with Gasteiger partial charge in [-0.15, -0.1) is 13.2 Å². The zero-order valence-electron chi connectivity index (χ0n) is 10.2. The van der Waals surface area contributed by atoms with Gasteiger partial charge in [-0.3, -0.25) is 4.79 Å². The summed E-state index contributed by atoms with van der Waals surface area (Å²) in [6, 6.07) is 2.83. The first-order chi connectivity index (χ1) is 9.49. The molecule has 0 aliphatic heterocycles. The minimum Gasteiger partial charge on any atom is -0.488 e. The summed E-state index contributed by atoms with van der Waals surface area (Å²) in [7, 11) is 0. The van der Waals surface area contributed by atoms with Crippen LogP contribution in [-0.4, -0.2) is 25.1 Å². The molecule has 0 aliphatic carbocycles. The lowest BCUT2D eigenvalue weighted by Crippen LogP contribution is -2.21. The normalized spacial score (nSPS) is 12.1. The van der Waals surface area contributed by atoms with Gasteiger partial charge in [-0.05, 0) is 12.1 Å². The lowest BCUT2D eigenvalue weighted by Gasteiger charge is -2.16. The number of carbonyl (C=O) groups excluding carboxylic acids is 1. The summed E-state index contributed by atoms with van der Waals surface area (Å²) in [6.45, 7) is -0.984. The van der Waals surface area contributed by atoms with Crippen molar-refractivity contribution in [3.63, 3.8) is 0 Å². The molecule has 0 unspecified atom stereocenters. The minimum atomic E-state index is -5.10. The standard InChI is InChI=1S/C11H9F6NO3/c12-10(13,14)4-5-20-8-6(9(18)19)2-1-3-7(8)21-11(15,16)17/h1-3H,4-5H2,(H2,18,19). The lowest BCUT2D eigenvalue weighted by molar-refractivity contribution is -0.275. The summed E-state index contributed by atoms with van der Waals surface area (Å²) < 4.78 is 80.8. The molecule has 1 rings (SSSR count). The topological polar surface area (TPSA) is 61.6 Å². The SMILES string of the molecule is NC(=O)c1cccc(OC(F)(F)F)c1OCCC(F)(F)F. The molecule has 0 aromatic heterocycles. The van der Waals surface area contributed by atoms with Crippen LogP contribution >= 0.6 is 0 Å². The van der Waals surface area contributed by atoms with E-state index in [0.717, 1.165) is 18.2 Å². The number of para-hydroxylation sites is 1. The van der Waals surface area contributed by atoms with Crippen molar-refractivity contribution in [2.75, 3.05) is 6.61 Å². The van der Waals surface area contributed by atoms with Crippen LogP contribution in [0.2, 0.25) is 0 Å². The van der Waals surface area contributed by atoms with Crippen LogP contribution in [0.25, 0.3) is 0 Å². The Morgan fingerprint density at radius 1 is 1.14 bits per heavy atom. The predicted molar refractivity (Wildman–Crippen MR) is 57.8 cm³/mol. The Hall–Kier alpha value is -2.13. The van der Waals surface area contributed by atoms with Crippen molar-refractivity contribution in [2.24, 2.45) is 5.73 Å². The predicted octanol–water partition coefficient (Wildman–Crippen LogP) is 3.02. The Labute approximate surface area is 114 Å². The highest BCUT2D eigenvalue weighted by molar-refractivity contribution is 5.96. The average molecular weight is 317 g/mol. The second kappa shape index (κ2) is 6.10. The first kappa shape index (κ1) is 16.9. The smallest absolute Gasteiger partial charge is 0.488 e. The minimum absolute atomic E-state index is 0.515. The summed E-state index contributed by atoms with van der Waals surface area (Å²) in [4.78, 5) is 11.1. The molecule has 0 radical (unpaired) electrons. The van der Waals surface area contributed by atoms with Gasteiger partial charge in [0, 0.05) is 0 Å². The molecule has 0 bridgehead atoms. The van der Waals surface area contributed by atoms with Crippen molar-refractivity contribution >= 4 is 5.91 Å². The first-order valence-electron chi connectivity index (χ1n) is 5.38. The van der Waals surface area contributed by atoms with Gasteiger partial charge in [-0.2, -0.15) is 13.2 Å². The number of benzene rings is 1. The van der Waals surface area contributed by atoms with Crippen molar-refractivity contribution < 1.29 is 40.6 Å². The molecule has 0 spiro atoms. The highest BCUT2D eigenvalue weighted by Gasteiger charge is 2.34. The van der Waals surface area contributed by atoms with Crippen LogP contribution in [0.3, 0.4) is 0 Å². The number of primary amides is 1. The van der Waals surface area contributed by atoms with E-state index in [9.17, 15) is 31.1 Å². The van der Waals surface area contributed by atoms with Gasteiger partial charge >= 0.3 is 12.5 Å². The number of ether oxygens (including phenoxy) is 2. The van der Waals surface area contributed by atoms with Gasteiger partial charge in [-0.1, -0.05) is 6.07 Å². The number of nitrogens with two attached hydrogens (primary N) is 1. The molecule has 0 heterocycles. The van der Waals surface area contributed by atoms with Gasteiger partial charge in [0.25, 0.3) is 5.91 Å². The Kier molecular flexibility index (Phi) is 4.92. The monoisotopic (exact) mass is 317 g/mol. The van der Waals surface area contributed by atoms with Crippen molar-refractivity contribution in [3.05, 3.63) is 23.8 Å². The second-order valence-corrected chi connectivity index (χ2v) is 3.76. The van der Waals surface area contributed by atoms with Crippen molar-refractivity contribution in [1.29, 1.82) is 0 Å². The Balaban J connectivity index is 3.03. The van der Waals surface area contributed by atoms with Crippen LogP contribution < -0.4 is 15.2 Å². The van der Waals surface area contributed by atoms with Crippen LogP contribution in [-0.2, 0) is 0 Å². The van der Waals surface area contributed by atoms with E-state index in [0.29, 0.717) is 0 Å². The molecule has 0 fully saturated rings. The molecular formula is C11H9F6NO3. The van der Waals surface area contributed by atoms with Gasteiger partial charge < -0.3 is 15.2 Å². The third-order valence-corrected chi connectivity index (χ3v) is 2.10. The Morgan fingerprint density at radius 3 is 2.24 bits per heavy atom. The molecule has 21 heavy (non-hydrogen) atoms. The molecule has 0 saturated carbocycles. The molecular weight excluding hydrogens is 308 g/mol. The van der Waals surface area contributed by atoms with Gasteiger partial charge in [0.2, 0.25) is 0 Å². The third kappa shape index (κ3) is 5.79. The number of halogens is 6. The quantitative estimate of drug-likeness (QED) is 0.849. The lowest BCUT2D eigenvalue weighted by atomic mass is 10.2. The van der Waals surface area contributed by atoms with E-state index in [2.05, 4.69) is 9.47 Å². The molecule has 2 N–H and O–H groups in total. The van der Waals surface area contributed by atoms with Crippen LogP contribution in [0.15, 0.2) is 18.2 Å². The molecule has 1 aromatic rings. The molecule has 10 heteroatoms. The van der Waals surface area contributed by atoms with Gasteiger partial charge in [-0.25, -0.2) is 0 Å². The maximum atomic E-state index is 12.2. The number of rotatable bonds is 5. The largest absolute Gasteiger partial charge is 0.573 e. The van der Waals surface area contributed by atoms with E-state index >= 15 is 0 Å². The summed E-state index contributed by atoms with van der Waals surface area (Å²) in [5.74, 6) is -2.89. The van der Waals surface area contributed by atoms with Crippen LogP contribution in [0.4, 0.5) is 26.3 Å². The first-order valence-corrected chi connectivity index (χ1v) is 5.38. The van der Waals surface area contributed by atoms with Crippen LogP contribution in [0, 0.1) is 0 Å². The van der Waals surface area contributed by atoms with Gasteiger partial charge in [0.1, 0.15) is 0 Å². The van der Waals surface area contributed by atoms with E-state index in [1.165, 1.54) is 0 Å². The maximum Gasteiger partial charge on any atom is 0.573 e. The van der Waals surface area contributed by atoms with Gasteiger partial charge in [0.05, 0.1) is 18.6 Å². The van der Waals surface area contributed by atoms with E-state index < -0.39 is 48.5 Å². The van der Waals surface area contributed by atoms with E-state index in [4.69, 9.17) is 5.73 Å². The summed E-state index contributed by atoms with van der Waals surface area (Å²) in [6.07, 6.45) is -11.1. The number of hydrogen-bond donors (Lipinski definition) is 1. The molecule has 1 amide bonds. The van der Waals surface area contributed by atoms with Crippen molar-refractivity contribution in [1.82, 2.24) is 0 Å².